The van der Waals surface area contributed by atoms with Crippen molar-refractivity contribution in [1.29, 1.82) is 0 Å². The average Bonchev–Trinajstić information content (AvgIpc) is 2.77. The highest BCUT2D eigenvalue weighted by Gasteiger charge is 2.18. The van der Waals surface area contributed by atoms with Crippen LogP contribution in [-0.2, 0) is 18.3 Å². The smallest absolute Gasteiger partial charge is 0.223 e. The molecule has 0 fully saturated rings. The van der Waals surface area contributed by atoms with E-state index in [1.165, 1.54) is 16.7 Å². The average molecular weight is 313 g/mol. The molecule has 0 bridgehead atoms. The van der Waals surface area contributed by atoms with Crippen LogP contribution in [0.25, 0.3) is 0 Å². The van der Waals surface area contributed by atoms with Crippen molar-refractivity contribution in [2.45, 2.75) is 46.6 Å². The summed E-state index contributed by atoms with van der Waals surface area (Å²) < 4.78 is 1.88. The van der Waals surface area contributed by atoms with Gasteiger partial charge in [-0.15, -0.1) is 0 Å². The van der Waals surface area contributed by atoms with Crippen molar-refractivity contribution >= 4 is 5.91 Å². The molecule has 124 valence electrons. The highest BCUT2D eigenvalue weighted by molar-refractivity contribution is 5.76. The zero-order chi connectivity index (χ0) is 17.1. The molecule has 4 heteroatoms. The minimum absolute atomic E-state index is 0.0826. The topological polar surface area (TPSA) is 38.1 Å². The molecule has 4 nitrogen and oxygen atoms in total. The van der Waals surface area contributed by atoms with Crippen LogP contribution in [0.15, 0.2) is 24.3 Å². The SMILES string of the molecule is Cc1ccc(C(C)N(C)C(=O)CCc2c(C)nn(C)c2C)cc1. The van der Waals surface area contributed by atoms with E-state index in [1.54, 1.807) is 0 Å². The quantitative estimate of drug-likeness (QED) is 0.847. The van der Waals surface area contributed by atoms with Gasteiger partial charge in [0.1, 0.15) is 0 Å². The van der Waals surface area contributed by atoms with E-state index < -0.39 is 0 Å². The highest BCUT2D eigenvalue weighted by Crippen LogP contribution is 2.21. The maximum absolute atomic E-state index is 12.5. The predicted octanol–water partition coefficient (Wildman–Crippen LogP) is 3.50. The van der Waals surface area contributed by atoms with Gasteiger partial charge in [0.25, 0.3) is 0 Å². The summed E-state index contributed by atoms with van der Waals surface area (Å²) in [6.07, 6.45) is 1.26. The third-order valence-electron chi connectivity index (χ3n) is 4.78. The monoisotopic (exact) mass is 313 g/mol. The summed E-state index contributed by atoms with van der Waals surface area (Å²) in [7, 11) is 3.83. The molecule has 1 unspecified atom stereocenters. The molecule has 1 aromatic heterocycles. The lowest BCUT2D eigenvalue weighted by molar-refractivity contribution is -0.131. The van der Waals surface area contributed by atoms with Crippen molar-refractivity contribution in [2.24, 2.45) is 7.05 Å². The normalized spacial score (nSPS) is 12.3. The highest BCUT2D eigenvalue weighted by atomic mass is 16.2. The molecule has 0 N–H and O–H groups in total. The van der Waals surface area contributed by atoms with Gasteiger partial charge in [-0.2, -0.15) is 5.10 Å². The van der Waals surface area contributed by atoms with Gasteiger partial charge in [-0.25, -0.2) is 0 Å². The molecule has 0 saturated carbocycles. The Morgan fingerprint density at radius 2 is 1.83 bits per heavy atom. The third kappa shape index (κ3) is 3.81. The van der Waals surface area contributed by atoms with Gasteiger partial charge < -0.3 is 4.90 Å². The molecule has 1 heterocycles. The van der Waals surface area contributed by atoms with Gasteiger partial charge in [0.05, 0.1) is 11.7 Å². The largest absolute Gasteiger partial charge is 0.339 e. The van der Waals surface area contributed by atoms with Crippen molar-refractivity contribution in [3.63, 3.8) is 0 Å². The Balaban J connectivity index is 2.01. The maximum atomic E-state index is 12.5. The molecule has 0 aliphatic rings. The lowest BCUT2D eigenvalue weighted by atomic mass is 10.0. The fraction of sp³-hybridized carbons (Fsp3) is 0.474. The number of aryl methyl sites for hydroxylation is 3. The second-order valence-corrected chi connectivity index (χ2v) is 6.36. The minimum atomic E-state index is 0.0826. The Bertz CT molecular complexity index is 685. The first-order valence-corrected chi connectivity index (χ1v) is 8.12. The van der Waals surface area contributed by atoms with E-state index in [-0.39, 0.29) is 11.9 Å². The molecule has 1 aromatic carbocycles. The van der Waals surface area contributed by atoms with E-state index in [2.05, 4.69) is 50.1 Å². The fourth-order valence-electron chi connectivity index (χ4n) is 2.87. The molecule has 0 aliphatic carbocycles. The number of carbonyl (C=O) groups is 1. The number of hydrogen-bond donors (Lipinski definition) is 0. The maximum Gasteiger partial charge on any atom is 0.223 e. The Morgan fingerprint density at radius 3 is 2.35 bits per heavy atom. The molecule has 0 spiro atoms. The molecule has 1 amide bonds. The standard InChI is InChI=1S/C19H27N3O/c1-13-7-9-17(10-8-13)15(3)21(5)19(23)12-11-18-14(2)20-22(6)16(18)4/h7-10,15H,11-12H2,1-6H3. The first kappa shape index (κ1) is 17.3. The Labute approximate surface area is 139 Å². The summed E-state index contributed by atoms with van der Waals surface area (Å²) in [5.41, 5.74) is 5.76. The number of amides is 1. The molecular formula is C19H27N3O. The molecular weight excluding hydrogens is 286 g/mol. The molecule has 0 saturated heterocycles. The molecule has 0 aliphatic heterocycles. The number of nitrogens with zero attached hydrogens (tertiary/aromatic N) is 3. The zero-order valence-electron chi connectivity index (χ0n) is 15.1. The van der Waals surface area contributed by atoms with Gasteiger partial charge in [-0.1, -0.05) is 29.8 Å². The Morgan fingerprint density at radius 1 is 1.22 bits per heavy atom. The summed E-state index contributed by atoms with van der Waals surface area (Å²) in [5.74, 6) is 0.167. The second-order valence-electron chi connectivity index (χ2n) is 6.36. The summed E-state index contributed by atoms with van der Waals surface area (Å²) in [6, 6.07) is 8.46. The van der Waals surface area contributed by atoms with Crippen LogP contribution in [0.2, 0.25) is 0 Å². The number of aromatic nitrogens is 2. The predicted molar refractivity (Wildman–Crippen MR) is 93.4 cm³/mol. The Kier molecular flexibility index (Phi) is 5.24. The molecule has 2 aromatic rings. The zero-order valence-corrected chi connectivity index (χ0v) is 15.1. The van der Waals surface area contributed by atoms with Crippen LogP contribution < -0.4 is 0 Å². The van der Waals surface area contributed by atoms with Gasteiger partial charge in [0.2, 0.25) is 5.91 Å². The lowest BCUT2D eigenvalue weighted by Crippen LogP contribution is -2.29. The van der Waals surface area contributed by atoms with Crippen LogP contribution in [0.5, 0.6) is 0 Å². The third-order valence-corrected chi connectivity index (χ3v) is 4.78. The van der Waals surface area contributed by atoms with Crippen LogP contribution in [0.4, 0.5) is 0 Å². The summed E-state index contributed by atoms with van der Waals surface area (Å²) >= 11 is 0. The van der Waals surface area contributed by atoms with Crippen LogP contribution in [0.1, 0.15) is 47.5 Å². The van der Waals surface area contributed by atoms with E-state index in [9.17, 15) is 4.79 Å². The van der Waals surface area contributed by atoms with Gasteiger partial charge >= 0.3 is 0 Å². The first-order valence-electron chi connectivity index (χ1n) is 8.12. The van der Waals surface area contributed by atoms with E-state index >= 15 is 0 Å². The van der Waals surface area contributed by atoms with E-state index in [4.69, 9.17) is 0 Å². The number of hydrogen-bond acceptors (Lipinski definition) is 2. The molecule has 2 rings (SSSR count). The van der Waals surface area contributed by atoms with E-state index in [0.717, 1.165) is 17.8 Å². The van der Waals surface area contributed by atoms with E-state index in [1.807, 2.05) is 30.6 Å². The van der Waals surface area contributed by atoms with Crippen LogP contribution >= 0.6 is 0 Å². The van der Waals surface area contributed by atoms with Crippen LogP contribution in [-0.4, -0.2) is 27.6 Å². The van der Waals surface area contributed by atoms with Gasteiger partial charge in [-0.3, -0.25) is 9.48 Å². The lowest BCUT2D eigenvalue weighted by Gasteiger charge is -2.25. The van der Waals surface area contributed by atoms with Crippen molar-refractivity contribution in [3.8, 4) is 0 Å². The minimum Gasteiger partial charge on any atom is -0.339 e. The molecule has 1 atom stereocenters. The summed E-state index contributed by atoms with van der Waals surface area (Å²) in [4.78, 5) is 14.4. The van der Waals surface area contributed by atoms with E-state index in [0.29, 0.717) is 6.42 Å². The van der Waals surface area contributed by atoms with Crippen molar-refractivity contribution in [1.82, 2.24) is 14.7 Å². The van der Waals surface area contributed by atoms with Crippen molar-refractivity contribution in [3.05, 3.63) is 52.3 Å². The molecule has 23 heavy (non-hydrogen) atoms. The fourth-order valence-corrected chi connectivity index (χ4v) is 2.87. The summed E-state index contributed by atoms with van der Waals surface area (Å²) in [6.45, 7) is 8.20. The molecule has 0 radical (unpaired) electrons. The van der Waals surface area contributed by atoms with Crippen LogP contribution in [0, 0.1) is 20.8 Å². The number of carbonyl (C=O) groups excluding carboxylic acids is 1. The van der Waals surface area contributed by atoms with Crippen molar-refractivity contribution in [2.75, 3.05) is 7.05 Å². The first-order chi connectivity index (χ1) is 10.8. The second kappa shape index (κ2) is 6.99. The van der Waals surface area contributed by atoms with Gasteiger partial charge in [-0.05, 0) is 45.2 Å². The van der Waals surface area contributed by atoms with Gasteiger partial charge in [0, 0.05) is 26.2 Å². The van der Waals surface area contributed by atoms with Gasteiger partial charge in [0.15, 0.2) is 0 Å². The number of rotatable bonds is 5. The van der Waals surface area contributed by atoms with Crippen molar-refractivity contribution < 1.29 is 4.79 Å². The Hall–Kier alpha value is -2.10. The van der Waals surface area contributed by atoms with Crippen LogP contribution in [0.3, 0.4) is 0 Å². The summed E-state index contributed by atoms with van der Waals surface area (Å²) in [5, 5.41) is 4.42. The number of benzene rings is 1.